The minimum atomic E-state index is -4.43. The lowest BCUT2D eigenvalue weighted by molar-refractivity contribution is -0.142. The quantitative estimate of drug-likeness (QED) is 0.501. The van der Waals surface area contributed by atoms with E-state index in [2.05, 4.69) is 26.9 Å². The zero-order valence-electron chi connectivity index (χ0n) is 21.6. The Morgan fingerprint density at radius 2 is 1.87 bits per heavy atom. The molecule has 2 aliphatic carbocycles. The van der Waals surface area contributed by atoms with Crippen molar-refractivity contribution < 1.29 is 27.6 Å². The van der Waals surface area contributed by atoms with Crippen molar-refractivity contribution in [2.45, 2.75) is 95.1 Å². The Bertz CT molecular complexity index is 1310. The second-order valence-electron chi connectivity index (χ2n) is 11.4. The van der Waals surface area contributed by atoms with Gasteiger partial charge in [-0.25, -0.2) is 0 Å². The Kier molecular flexibility index (Phi) is 6.73. The van der Waals surface area contributed by atoms with Crippen molar-refractivity contribution in [3.63, 3.8) is 0 Å². The highest BCUT2D eigenvalue weighted by atomic mass is 19.4. The number of halogens is 3. The Balaban J connectivity index is 1.11. The monoisotopic (exact) mass is 543 g/mol. The predicted octanol–water partition coefficient (Wildman–Crippen LogP) is 3.44. The van der Waals surface area contributed by atoms with Crippen LogP contribution in [0.3, 0.4) is 0 Å². The number of hydrogen-bond donors (Lipinski definition) is 3. The molecule has 3 amide bonds. The van der Waals surface area contributed by atoms with Crippen LogP contribution >= 0.6 is 0 Å². The standard InChI is InChI=1S/C28H32F3N5O3/c29-28(30,31)25-20-8-6-18(13-22(20)34-35-25)32-21-4-2-1-3-16(21)11-15-5-7-19-17(12-15)14-36(27(19)39)23-9-10-24(37)33-26(23)38/h5,7,12,16,18,21,23,32H,1-4,6,8-11,13-14H2,(H,34,35)(H,33,37,38)/t16-,18?,21+,23?/m1/s1. The maximum Gasteiger partial charge on any atom is 0.435 e. The molecule has 2 aromatic rings. The fraction of sp³-hybridized carbons (Fsp3) is 0.571. The number of amides is 3. The molecule has 0 bridgehead atoms. The number of carbonyl (C=O) groups excluding carboxylic acids is 3. The van der Waals surface area contributed by atoms with E-state index in [1.165, 1.54) is 0 Å². The molecule has 1 aromatic heterocycles. The molecular formula is C28H32F3N5O3. The summed E-state index contributed by atoms with van der Waals surface area (Å²) in [5.74, 6) is -0.507. The van der Waals surface area contributed by atoms with Crippen molar-refractivity contribution in [2.24, 2.45) is 5.92 Å². The van der Waals surface area contributed by atoms with Gasteiger partial charge in [-0.1, -0.05) is 25.0 Å². The van der Waals surface area contributed by atoms with Crippen molar-refractivity contribution in [1.29, 1.82) is 0 Å². The van der Waals surface area contributed by atoms with Gasteiger partial charge in [0, 0.05) is 48.3 Å². The van der Waals surface area contributed by atoms with Crippen LogP contribution in [0, 0.1) is 5.92 Å². The molecule has 6 rings (SSSR count). The van der Waals surface area contributed by atoms with E-state index in [1.54, 1.807) is 4.90 Å². The van der Waals surface area contributed by atoms with E-state index in [0.717, 1.165) is 43.2 Å². The van der Waals surface area contributed by atoms with Gasteiger partial charge in [-0.05, 0) is 61.6 Å². The van der Waals surface area contributed by atoms with E-state index < -0.39 is 23.8 Å². The molecule has 3 N–H and O–H groups in total. The van der Waals surface area contributed by atoms with Gasteiger partial charge in [0.1, 0.15) is 6.04 Å². The number of H-pyrrole nitrogens is 1. The largest absolute Gasteiger partial charge is 0.435 e. The molecular weight excluding hydrogens is 511 g/mol. The first-order chi connectivity index (χ1) is 18.7. The van der Waals surface area contributed by atoms with E-state index in [1.807, 2.05) is 12.1 Å². The first-order valence-electron chi connectivity index (χ1n) is 13.8. The molecule has 39 heavy (non-hydrogen) atoms. The predicted molar refractivity (Wildman–Crippen MR) is 134 cm³/mol. The Labute approximate surface area is 224 Å². The Morgan fingerprint density at radius 1 is 1.05 bits per heavy atom. The number of alkyl halides is 3. The number of nitrogens with zero attached hydrogens (tertiary/aromatic N) is 2. The summed E-state index contributed by atoms with van der Waals surface area (Å²) in [6, 6.07) is 5.65. The zero-order chi connectivity index (χ0) is 27.3. The molecule has 1 saturated heterocycles. The summed E-state index contributed by atoms with van der Waals surface area (Å²) in [6.07, 6.45) is 2.85. The number of piperidine rings is 1. The highest BCUT2D eigenvalue weighted by molar-refractivity contribution is 6.05. The zero-order valence-corrected chi connectivity index (χ0v) is 21.6. The van der Waals surface area contributed by atoms with Crippen LogP contribution in [0.25, 0.3) is 0 Å². The smallest absolute Gasteiger partial charge is 0.322 e. The van der Waals surface area contributed by atoms with E-state index in [-0.39, 0.29) is 30.3 Å². The number of aromatic amines is 1. The van der Waals surface area contributed by atoms with Crippen molar-refractivity contribution in [3.05, 3.63) is 51.8 Å². The summed E-state index contributed by atoms with van der Waals surface area (Å²) in [5.41, 5.74) is 2.76. The molecule has 2 aliphatic heterocycles. The van der Waals surface area contributed by atoms with Crippen LogP contribution in [0.4, 0.5) is 13.2 Å². The second-order valence-corrected chi connectivity index (χ2v) is 11.4. The normalized spacial score (nSPS) is 27.4. The SMILES string of the molecule is O=C1CCC(N2Cc3cc(C[C@H]4CCCC[C@@H]4NC4CCc5c(C(F)(F)F)n[nH]c5C4)ccc3C2=O)C(=O)N1. The van der Waals surface area contributed by atoms with Gasteiger partial charge in [-0.3, -0.25) is 24.8 Å². The average Bonchev–Trinajstić information content (AvgIpc) is 3.46. The van der Waals surface area contributed by atoms with Crippen LogP contribution in [-0.2, 0) is 41.6 Å². The van der Waals surface area contributed by atoms with Gasteiger partial charge >= 0.3 is 6.18 Å². The highest BCUT2D eigenvalue weighted by Crippen LogP contribution is 2.36. The minimum absolute atomic E-state index is 0.101. The number of carbonyl (C=O) groups is 3. The van der Waals surface area contributed by atoms with E-state index >= 15 is 0 Å². The van der Waals surface area contributed by atoms with Gasteiger partial charge in [0.2, 0.25) is 11.8 Å². The third-order valence-electron chi connectivity index (χ3n) is 8.86. The molecule has 4 atom stereocenters. The van der Waals surface area contributed by atoms with Crippen molar-refractivity contribution in [1.82, 2.24) is 25.7 Å². The Hall–Kier alpha value is -3.21. The van der Waals surface area contributed by atoms with Gasteiger partial charge in [0.25, 0.3) is 5.91 Å². The molecule has 4 aliphatic rings. The third-order valence-corrected chi connectivity index (χ3v) is 8.86. The van der Waals surface area contributed by atoms with Gasteiger partial charge in [0.15, 0.2) is 5.69 Å². The molecule has 0 spiro atoms. The number of hydrogen-bond acceptors (Lipinski definition) is 5. The topological polar surface area (TPSA) is 107 Å². The maximum absolute atomic E-state index is 13.2. The summed E-state index contributed by atoms with van der Waals surface area (Å²) in [4.78, 5) is 38.5. The maximum atomic E-state index is 13.2. The molecule has 3 heterocycles. The summed E-state index contributed by atoms with van der Waals surface area (Å²) >= 11 is 0. The molecule has 208 valence electrons. The number of nitrogens with one attached hydrogen (secondary N) is 3. The van der Waals surface area contributed by atoms with Gasteiger partial charge in [-0.15, -0.1) is 0 Å². The lowest BCUT2D eigenvalue weighted by Crippen LogP contribution is -2.52. The van der Waals surface area contributed by atoms with E-state index in [0.29, 0.717) is 55.0 Å². The van der Waals surface area contributed by atoms with E-state index in [4.69, 9.17) is 0 Å². The second kappa shape index (κ2) is 10.1. The van der Waals surface area contributed by atoms with Crippen LogP contribution in [0.2, 0.25) is 0 Å². The van der Waals surface area contributed by atoms with Crippen LogP contribution in [0.15, 0.2) is 18.2 Å². The van der Waals surface area contributed by atoms with E-state index in [9.17, 15) is 27.6 Å². The van der Waals surface area contributed by atoms with Crippen LogP contribution in [0.1, 0.15) is 83.4 Å². The average molecular weight is 544 g/mol. The van der Waals surface area contributed by atoms with Crippen molar-refractivity contribution in [3.8, 4) is 0 Å². The third kappa shape index (κ3) is 5.08. The van der Waals surface area contributed by atoms with Crippen molar-refractivity contribution in [2.75, 3.05) is 0 Å². The van der Waals surface area contributed by atoms with Crippen LogP contribution in [0.5, 0.6) is 0 Å². The number of fused-ring (bicyclic) bond motifs is 2. The molecule has 1 aromatic carbocycles. The number of imide groups is 1. The lowest BCUT2D eigenvalue weighted by atomic mass is 9.79. The molecule has 2 unspecified atom stereocenters. The number of rotatable bonds is 5. The van der Waals surface area contributed by atoms with Crippen LogP contribution in [-0.4, -0.2) is 50.9 Å². The first-order valence-corrected chi connectivity index (χ1v) is 13.8. The fourth-order valence-corrected chi connectivity index (χ4v) is 6.91. The van der Waals surface area contributed by atoms with Gasteiger partial charge < -0.3 is 10.2 Å². The first kappa shape index (κ1) is 26.0. The summed E-state index contributed by atoms with van der Waals surface area (Å²) in [5, 5.41) is 12.3. The molecule has 11 heteroatoms. The summed E-state index contributed by atoms with van der Waals surface area (Å²) in [7, 11) is 0. The van der Waals surface area contributed by atoms with Crippen molar-refractivity contribution >= 4 is 17.7 Å². The van der Waals surface area contributed by atoms with Gasteiger partial charge in [-0.2, -0.15) is 18.3 Å². The summed E-state index contributed by atoms with van der Waals surface area (Å²) in [6.45, 7) is 0.356. The molecule has 1 saturated carbocycles. The fourth-order valence-electron chi connectivity index (χ4n) is 6.91. The number of benzene rings is 1. The minimum Gasteiger partial charge on any atom is -0.322 e. The molecule has 8 nitrogen and oxygen atoms in total. The Morgan fingerprint density at radius 3 is 2.67 bits per heavy atom. The molecule has 0 radical (unpaired) electrons. The molecule has 2 fully saturated rings. The van der Waals surface area contributed by atoms with Crippen LogP contribution < -0.4 is 10.6 Å². The highest BCUT2D eigenvalue weighted by Gasteiger charge is 2.41. The van der Waals surface area contributed by atoms with Gasteiger partial charge in [0.05, 0.1) is 0 Å². The lowest BCUT2D eigenvalue weighted by Gasteiger charge is -2.36. The summed E-state index contributed by atoms with van der Waals surface area (Å²) < 4.78 is 39.7. The number of aromatic nitrogens is 2.